The van der Waals surface area contributed by atoms with Gasteiger partial charge in [0.1, 0.15) is 0 Å². The molecule has 0 N–H and O–H groups in total. The third-order valence-corrected chi connectivity index (χ3v) is 3.71. The van der Waals surface area contributed by atoms with Crippen LogP contribution < -0.4 is 0 Å². The van der Waals surface area contributed by atoms with Crippen molar-refractivity contribution in [2.75, 3.05) is 0 Å². The van der Waals surface area contributed by atoms with E-state index in [1.165, 1.54) is 0 Å². The molecular formula is C14H12ClNO. The number of halogens is 1. The normalized spacial score (nSPS) is 14.6. The number of hydrogen-bond donors (Lipinski definition) is 0. The largest absolute Gasteiger partial charge is 0.298 e. The molecule has 86 valence electrons. The Bertz CT molecular complexity index is 607. The van der Waals surface area contributed by atoms with Crippen molar-refractivity contribution in [2.45, 2.75) is 25.7 Å². The van der Waals surface area contributed by atoms with Crippen molar-refractivity contribution in [1.82, 2.24) is 4.98 Å². The molecule has 0 fully saturated rings. The van der Waals surface area contributed by atoms with Gasteiger partial charge in [0.25, 0.3) is 0 Å². The quantitative estimate of drug-likeness (QED) is 0.719. The van der Waals surface area contributed by atoms with E-state index in [2.05, 4.69) is 4.98 Å². The van der Waals surface area contributed by atoms with Crippen LogP contribution in [-0.2, 0) is 12.8 Å². The van der Waals surface area contributed by atoms with Gasteiger partial charge in [0.05, 0.1) is 10.5 Å². The number of carbonyl (C=O) groups is 1. The summed E-state index contributed by atoms with van der Waals surface area (Å²) in [7, 11) is 0. The van der Waals surface area contributed by atoms with Crippen LogP contribution in [0.3, 0.4) is 0 Å². The molecule has 1 aromatic carbocycles. The fraction of sp³-hybridized carbons (Fsp3) is 0.286. The fourth-order valence-corrected chi connectivity index (χ4v) is 2.80. The molecule has 0 aliphatic heterocycles. The summed E-state index contributed by atoms with van der Waals surface area (Å²) in [5, 5.41) is 1.51. The van der Waals surface area contributed by atoms with Crippen molar-refractivity contribution in [3.8, 4) is 0 Å². The van der Waals surface area contributed by atoms with Crippen LogP contribution in [0.25, 0.3) is 10.9 Å². The molecular weight excluding hydrogens is 234 g/mol. The molecule has 0 radical (unpaired) electrons. The van der Waals surface area contributed by atoms with Crippen LogP contribution in [0.4, 0.5) is 0 Å². The summed E-state index contributed by atoms with van der Waals surface area (Å²) in [5.74, 6) is 0. The third-order valence-electron chi connectivity index (χ3n) is 3.41. The number of aromatic nitrogens is 1. The molecule has 1 aliphatic carbocycles. The first-order chi connectivity index (χ1) is 8.31. The second kappa shape index (κ2) is 4.11. The number of carbonyl (C=O) groups excluding carboxylic acids is 1. The molecule has 0 amide bonds. The van der Waals surface area contributed by atoms with E-state index in [0.717, 1.165) is 59.7 Å². The zero-order valence-corrected chi connectivity index (χ0v) is 10.1. The maximum atomic E-state index is 11.3. The number of rotatable bonds is 1. The minimum Gasteiger partial charge on any atom is -0.298 e. The van der Waals surface area contributed by atoms with Crippen molar-refractivity contribution in [3.63, 3.8) is 0 Å². The molecule has 3 heteroatoms. The van der Waals surface area contributed by atoms with Gasteiger partial charge in [-0.25, -0.2) is 0 Å². The van der Waals surface area contributed by atoms with Gasteiger partial charge in [-0.2, -0.15) is 0 Å². The SMILES string of the molecule is O=Cc1c2c(nc3c(Cl)cccc13)CCCC2. The summed E-state index contributed by atoms with van der Waals surface area (Å²) in [5.41, 5.74) is 3.73. The van der Waals surface area contributed by atoms with E-state index >= 15 is 0 Å². The Labute approximate surface area is 105 Å². The summed E-state index contributed by atoms with van der Waals surface area (Å²) >= 11 is 6.15. The number of nitrogens with zero attached hydrogens (tertiary/aromatic N) is 1. The second-order valence-electron chi connectivity index (χ2n) is 4.41. The zero-order valence-electron chi connectivity index (χ0n) is 9.37. The molecule has 1 aromatic heterocycles. The minimum atomic E-state index is 0.624. The molecule has 0 bridgehead atoms. The Morgan fingerprint density at radius 3 is 2.88 bits per heavy atom. The van der Waals surface area contributed by atoms with Gasteiger partial charge < -0.3 is 0 Å². The topological polar surface area (TPSA) is 30.0 Å². The lowest BCUT2D eigenvalue weighted by molar-refractivity contribution is 0.112. The lowest BCUT2D eigenvalue weighted by Gasteiger charge is -2.18. The molecule has 3 rings (SSSR count). The van der Waals surface area contributed by atoms with Gasteiger partial charge >= 0.3 is 0 Å². The lowest BCUT2D eigenvalue weighted by atomic mass is 9.90. The van der Waals surface area contributed by atoms with Crippen molar-refractivity contribution in [3.05, 3.63) is 40.0 Å². The lowest BCUT2D eigenvalue weighted by Crippen LogP contribution is -2.09. The predicted octanol–water partition coefficient (Wildman–Crippen LogP) is 3.58. The van der Waals surface area contributed by atoms with E-state index in [0.29, 0.717) is 5.02 Å². The van der Waals surface area contributed by atoms with Crippen molar-refractivity contribution < 1.29 is 4.79 Å². The molecule has 2 aromatic rings. The van der Waals surface area contributed by atoms with E-state index in [1.54, 1.807) is 0 Å². The molecule has 2 nitrogen and oxygen atoms in total. The average Bonchev–Trinajstić information content (AvgIpc) is 2.37. The highest BCUT2D eigenvalue weighted by atomic mass is 35.5. The highest BCUT2D eigenvalue weighted by Gasteiger charge is 2.18. The average molecular weight is 246 g/mol. The fourth-order valence-electron chi connectivity index (χ4n) is 2.58. The molecule has 0 atom stereocenters. The van der Waals surface area contributed by atoms with Crippen LogP contribution >= 0.6 is 11.6 Å². The van der Waals surface area contributed by atoms with Crippen LogP contribution in [0.1, 0.15) is 34.5 Å². The third kappa shape index (κ3) is 1.64. The van der Waals surface area contributed by atoms with Gasteiger partial charge in [-0.3, -0.25) is 9.78 Å². The van der Waals surface area contributed by atoms with E-state index in [-0.39, 0.29) is 0 Å². The Balaban J connectivity index is 2.43. The number of hydrogen-bond acceptors (Lipinski definition) is 2. The minimum absolute atomic E-state index is 0.624. The summed E-state index contributed by atoms with van der Waals surface area (Å²) in [6.45, 7) is 0. The highest BCUT2D eigenvalue weighted by molar-refractivity contribution is 6.35. The van der Waals surface area contributed by atoms with E-state index < -0.39 is 0 Å². The highest BCUT2D eigenvalue weighted by Crippen LogP contribution is 2.31. The molecule has 17 heavy (non-hydrogen) atoms. The maximum absolute atomic E-state index is 11.3. The number of aldehydes is 1. The number of benzene rings is 1. The summed E-state index contributed by atoms with van der Waals surface area (Å²) in [6.07, 6.45) is 5.15. The van der Waals surface area contributed by atoms with Gasteiger partial charge in [0.2, 0.25) is 0 Å². The van der Waals surface area contributed by atoms with Gasteiger partial charge in [-0.05, 0) is 37.3 Å². The van der Waals surface area contributed by atoms with E-state index in [1.807, 2.05) is 18.2 Å². The van der Waals surface area contributed by atoms with Gasteiger partial charge in [0, 0.05) is 16.6 Å². The van der Waals surface area contributed by atoms with Crippen LogP contribution in [0.5, 0.6) is 0 Å². The standard InChI is InChI=1S/C14H12ClNO/c15-12-6-3-5-10-11(8-17)9-4-1-2-7-13(9)16-14(10)12/h3,5-6,8H,1-2,4,7H2. The van der Waals surface area contributed by atoms with Gasteiger partial charge in [0.15, 0.2) is 6.29 Å². The maximum Gasteiger partial charge on any atom is 0.151 e. The Morgan fingerprint density at radius 1 is 1.24 bits per heavy atom. The van der Waals surface area contributed by atoms with Crippen molar-refractivity contribution in [1.29, 1.82) is 0 Å². The summed E-state index contributed by atoms with van der Waals surface area (Å²) < 4.78 is 0. The smallest absolute Gasteiger partial charge is 0.151 e. The first-order valence-corrected chi connectivity index (χ1v) is 6.24. The number of pyridine rings is 1. The molecule has 1 heterocycles. The van der Waals surface area contributed by atoms with E-state index in [4.69, 9.17) is 11.6 Å². The predicted molar refractivity (Wildman–Crippen MR) is 68.8 cm³/mol. The zero-order chi connectivity index (χ0) is 11.8. The second-order valence-corrected chi connectivity index (χ2v) is 4.82. The van der Waals surface area contributed by atoms with Crippen LogP contribution in [-0.4, -0.2) is 11.3 Å². The van der Waals surface area contributed by atoms with Crippen LogP contribution in [0.2, 0.25) is 5.02 Å². The number of aryl methyl sites for hydroxylation is 1. The monoisotopic (exact) mass is 245 g/mol. The van der Waals surface area contributed by atoms with Gasteiger partial charge in [-0.1, -0.05) is 23.7 Å². The number of para-hydroxylation sites is 1. The Morgan fingerprint density at radius 2 is 2.06 bits per heavy atom. The molecule has 0 saturated heterocycles. The number of fused-ring (bicyclic) bond motifs is 2. The Hall–Kier alpha value is -1.41. The molecule has 0 unspecified atom stereocenters. The van der Waals surface area contributed by atoms with Gasteiger partial charge in [-0.15, -0.1) is 0 Å². The van der Waals surface area contributed by atoms with Crippen molar-refractivity contribution in [2.24, 2.45) is 0 Å². The molecule has 0 saturated carbocycles. The van der Waals surface area contributed by atoms with E-state index in [9.17, 15) is 4.79 Å². The summed E-state index contributed by atoms with van der Waals surface area (Å²) in [6, 6.07) is 5.61. The summed E-state index contributed by atoms with van der Waals surface area (Å²) in [4.78, 5) is 16.0. The van der Waals surface area contributed by atoms with Crippen molar-refractivity contribution >= 4 is 28.8 Å². The Kier molecular flexibility index (Phi) is 2.60. The molecule has 0 spiro atoms. The first kappa shape index (κ1) is 10.7. The first-order valence-electron chi connectivity index (χ1n) is 5.86. The van der Waals surface area contributed by atoms with Crippen LogP contribution in [0, 0.1) is 0 Å². The molecule has 1 aliphatic rings. The van der Waals surface area contributed by atoms with Crippen LogP contribution in [0.15, 0.2) is 18.2 Å².